The van der Waals surface area contributed by atoms with Gasteiger partial charge in [0.15, 0.2) is 0 Å². The molecule has 0 bridgehead atoms. The van der Waals surface area contributed by atoms with E-state index in [1.165, 1.54) is 0 Å². The number of rotatable bonds is 13. The van der Waals surface area contributed by atoms with Gasteiger partial charge in [-0.15, -0.1) is 0 Å². The minimum Gasteiger partial charge on any atom is -0.481 e. The third-order valence-corrected chi connectivity index (χ3v) is 6.71. The predicted molar refractivity (Wildman–Crippen MR) is 144 cm³/mol. The van der Waals surface area contributed by atoms with Crippen molar-refractivity contribution in [2.45, 2.75) is 76.9 Å². The number of hydrogen-bond acceptors (Lipinski definition) is 7. The Balaban J connectivity index is 1.53. The molecule has 1 fully saturated rings. The van der Waals surface area contributed by atoms with E-state index in [0.717, 1.165) is 48.8 Å². The van der Waals surface area contributed by atoms with Crippen molar-refractivity contribution in [3.8, 4) is 11.1 Å². The fourth-order valence-corrected chi connectivity index (χ4v) is 4.62. The molecule has 210 valence electrons. The molecular formula is C30H37NO8. The van der Waals surface area contributed by atoms with Crippen LogP contribution in [0.5, 0.6) is 0 Å². The third-order valence-electron chi connectivity index (χ3n) is 6.71. The fraction of sp³-hybridized carbons (Fsp3) is 0.467. The average Bonchev–Trinajstić information content (AvgIpc) is 2.93. The summed E-state index contributed by atoms with van der Waals surface area (Å²) in [7, 11) is 0. The maximum Gasteiger partial charge on any atom is 0.511 e. The van der Waals surface area contributed by atoms with E-state index in [-0.39, 0.29) is 25.4 Å². The first-order chi connectivity index (χ1) is 18.8. The number of carboxylic acids is 1. The van der Waals surface area contributed by atoms with Gasteiger partial charge in [-0.3, -0.25) is 14.4 Å². The molecule has 0 unspecified atom stereocenters. The van der Waals surface area contributed by atoms with Crippen LogP contribution in [0.3, 0.4) is 0 Å². The molecule has 2 atom stereocenters. The quantitative estimate of drug-likeness (QED) is 0.261. The Kier molecular flexibility index (Phi) is 11.8. The van der Waals surface area contributed by atoms with Gasteiger partial charge in [-0.1, -0.05) is 67.9 Å². The standard InChI is InChI=1S/C30H37NO8/c1-21(29(35)37-20-38-30(36)39-26-10-6-3-7-11-26)18-25(31-27(32)16-17-28(33)34)19-22-12-14-24(15-13-22)23-8-4-2-5-9-23/h2,4-5,8-9,12-15,21,25-26H,3,6-7,10-11,16-20H2,1H3,(H,31,32)(H,33,34)/t21-,25+/m1/s1. The summed E-state index contributed by atoms with van der Waals surface area (Å²) in [5.41, 5.74) is 3.09. The third kappa shape index (κ3) is 10.8. The number of amides is 1. The normalized spacial score (nSPS) is 15.0. The summed E-state index contributed by atoms with van der Waals surface area (Å²) >= 11 is 0. The molecule has 2 aromatic rings. The van der Waals surface area contributed by atoms with E-state index in [2.05, 4.69) is 5.32 Å². The molecule has 0 aromatic heterocycles. The van der Waals surface area contributed by atoms with Gasteiger partial charge < -0.3 is 24.6 Å². The zero-order valence-electron chi connectivity index (χ0n) is 22.3. The number of esters is 1. The first kappa shape index (κ1) is 29.7. The first-order valence-corrected chi connectivity index (χ1v) is 13.5. The van der Waals surface area contributed by atoms with Crippen molar-refractivity contribution in [2.24, 2.45) is 5.92 Å². The Morgan fingerprint density at radius 3 is 2.23 bits per heavy atom. The number of carboxylic acid groups (broad SMARTS) is 1. The second-order valence-electron chi connectivity index (χ2n) is 9.92. The molecule has 2 aromatic carbocycles. The second kappa shape index (κ2) is 15.5. The van der Waals surface area contributed by atoms with E-state index >= 15 is 0 Å². The van der Waals surface area contributed by atoms with Crippen molar-refractivity contribution in [1.29, 1.82) is 0 Å². The van der Waals surface area contributed by atoms with Crippen LogP contribution in [0.4, 0.5) is 4.79 Å². The molecule has 0 spiro atoms. The molecule has 1 aliphatic carbocycles. The smallest absolute Gasteiger partial charge is 0.481 e. The highest BCUT2D eigenvalue weighted by Crippen LogP contribution is 2.22. The second-order valence-corrected chi connectivity index (χ2v) is 9.92. The van der Waals surface area contributed by atoms with E-state index in [9.17, 15) is 19.2 Å². The summed E-state index contributed by atoms with van der Waals surface area (Å²) in [5, 5.41) is 11.8. The number of carbonyl (C=O) groups excluding carboxylic acids is 3. The zero-order chi connectivity index (χ0) is 28.0. The monoisotopic (exact) mass is 539 g/mol. The minimum absolute atomic E-state index is 0.158. The summed E-state index contributed by atoms with van der Waals surface area (Å²) in [6, 6.07) is 17.4. The summed E-state index contributed by atoms with van der Waals surface area (Å²) in [4.78, 5) is 47.7. The van der Waals surface area contributed by atoms with Crippen molar-refractivity contribution in [1.82, 2.24) is 5.32 Å². The van der Waals surface area contributed by atoms with Crippen LogP contribution in [-0.2, 0) is 35.0 Å². The van der Waals surface area contributed by atoms with Crippen LogP contribution in [0.2, 0.25) is 0 Å². The van der Waals surface area contributed by atoms with Gasteiger partial charge in [0.25, 0.3) is 0 Å². The lowest BCUT2D eigenvalue weighted by Crippen LogP contribution is -2.39. The van der Waals surface area contributed by atoms with E-state index in [4.69, 9.17) is 19.3 Å². The number of ether oxygens (including phenoxy) is 3. The molecule has 1 saturated carbocycles. The molecule has 2 N–H and O–H groups in total. The van der Waals surface area contributed by atoms with Crippen LogP contribution in [0.15, 0.2) is 54.6 Å². The van der Waals surface area contributed by atoms with Gasteiger partial charge in [-0.05, 0) is 55.2 Å². The molecule has 0 radical (unpaired) electrons. The van der Waals surface area contributed by atoms with Crippen LogP contribution < -0.4 is 5.32 Å². The average molecular weight is 540 g/mol. The van der Waals surface area contributed by atoms with E-state index in [1.807, 2.05) is 54.6 Å². The Bertz CT molecular complexity index is 1080. The number of aliphatic carboxylic acids is 1. The summed E-state index contributed by atoms with van der Waals surface area (Å²) < 4.78 is 15.3. The van der Waals surface area contributed by atoms with Crippen LogP contribution >= 0.6 is 0 Å². The topological polar surface area (TPSA) is 128 Å². The Hall–Kier alpha value is -3.88. The van der Waals surface area contributed by atoms with Crippen LogP contribution in [0.25, 0.3) is 11.1 Å². The Labute approximate surface area is 228 Å². The van der Waals surface area contributed by atoms with Crippen molar-refractivity contribution < 1.29 is 38.5 Å². The molecule has 3 rings (SSSR count). The van der Waals surface area contributed by atoms with Gasteiger partial charge in [0.1, 0.15) is 6.10 Å². The lowest BCUT2D eigenvalue weighted by Gasteiger charge is -2.22. The fourth-order valence-electron chi connectivity index (χ4n) is 4.62. The highest BCUT2D eigenvalue weighted by molar-refractivity contribution is 5.81. The van der Waals surface area contributed by atoms with Gasteiger partial charge in [0, 0.05) is 12.5 Å². The van der Waals surface area contributed by atoms with Crippen molar-refractivity contribution >= 4 is 24.0 Å². The number of hydrogen-bond donors (Lipinski definition) is 2. The van der Waals surface area contributed by atoms with Gasteiger partial charge >= 0.3 is 18.1 Å². The lowest BCUT2D eigenvalue weighted by atomic mass is 9.94. The number of nitrogens with one attached hydrogen (secondary N) is 1. The molecular weight excluding hydrogens is 502 g/mol. The van der Waals surface area contributed by atoms with Crippen molar-refractivity contribution in [2.75, 3.05) is 6.79 Å². The first-order valence-electron chi connectivity index (χ1n) is 13.5. The number of benzene rings is 2. The van der Waals surface area contributed by atoms with Gasteiger partial charge in [-0.25, -0.2) is 4.79 Å². The zero-order valence-corrected chi connectivity index (χ0v) is 22.3. The van der Waals surface area contributed by atoms with E-state index in [0.29, 0.717) is 6.42 Å². The van der Waals surface area contributed by atoms with Crippen LogP contribution in [0, 0.1) is 5.92 Å². The summed E-state index contributed by atoms with van der Waals surface area (Å²) in [6.45, 7) is 1.11. The van der Waals surface area contributed by atoms with Gasteiger partial charge in [-0.2, -0.15) is 0 Å². The highest BCUT2D eigenvalue weighted by atomic mass is 16.8. The van der Waals surface area contributed by atoms with Gasteiger partial charge in [0.05, 0.1) is 12.3 Å². The highest BCUT2D eigenvalue weighted by Gasteiger charge is 2.24. The Morgan fingerprint density at radius 1 is 0.897 bits per heavy atom. The van der Waals surface area contributed by atoms with Gasteiger partial charge in [0.2, 0.25) is 12.7 Å². The lowest BCUT2D eigenvalue weighted by molar-refractivity contribution is -0.158. The van der Waals surface area contributed by atoms with Crippen molar-refractivity contribution in [3.63, 3.8) is 0 Å². The van der Waals surface area contributed by atoms with Crippen LogP contribution in [0.1, 0.15) is 63.9 Å². The summed E-state index contributed by atoms with van der Waals surface area (Å²) in [5.74, 6) is -2.66. The number of carbonyl (C=O) groups is 4. The molecule has 39 heavy (non-hydrogen) atoms. The molecule has 1 amide bonds. The van der Waals surface area contributed by atoms with Crippen LogP contribution in [-0.4, -0.2) is 48.0 Å². The van der Waals surface area contributed by atoms with E-state index < -0.39 is 42.8 Å². The molecule has 9 nitrogen and oxygen atoms in total. The molecule has 9 heteroatoms. The molecule has 0 saturated heterocycles. The van der Waals surface area contributed by atoms with Crippen molar-refractivity contribution in [3.05, 3.63) is 60.2 Å². The minimum atomic E-state index is -1.06. The SMILES string of the molecule is C[C@H](C[C@@H](Cc1ccc(-c2ccccc2)cc1)NC(=O)CCC(=O)O)C(=O)OCOC(=O)OC1CCCCC1. The molecule has 0 aliphatic heterocycles. The maximum absolute atomic E-state index is 12.6. The predicted octanol–water partition coefficient (Wildman–Crippen LogP) is 5.26. The van der Waals surface area contributed by atoms with E-state index in [1.54, 1.807) is 6.92 Å². The molecule has 0 heterocycles. The molecule has 1 aliphatic rings. The maximum atomic E-state index is 12.6. The summed E-state index contributed by atoms with van der Waals surface area (Å²) in [6.07, 6.45) is 4.00. The Morgan fingerprint density at radius 2 is 1.56 bits per heavy atom. The largest absolute Gasteiger partial charge is 0.511 e.